The molecule has 0 spiro atoms. The lowest BCUT2D eigenvalue weighted by Gasteiger charge is -2.25. The lowest BCUT2D eigenvalue weighted by atomic mass is 9.93. The molecule has 0 radical (unpaired) electrons. The minimum atomic E-state index is -0.741. The van der Waals surface area contributed by atoms with E-state index < -0.39 is 12.0 Å². The van der Waals surface area contributed by atoms with Crippen molar-refractivity contribution in [1.82, 2.24) is 4.57 Å². The van der Waals surface area contributed by atoms with E-state index in [4.69, 9.17) is 26.1 Å². The molecule has 1 aliphatic heterocycles. The van der Waals surface area contributed by atoms with Crippen LogP contribution in [0.3, 0.4) is 0 Å². The highest BCUT2D eigenvalue weighted by Gasteiger charge is 2.35. The van der Waals surface area contributed by atoms with Crippen LogP contribution < -0.4 is 19.6 Å². The summed E-state index contributed by atoms with van der Waals surface area (Å²) in [7, 11) is 0. The zero-order valence-corrected chi connectivity index (χ0v) is 22.5. The van der Waals surface area contributed by atoms with Crippen LogP contribution >= 0.6 is 22.9 Å². The van der Waals surface area contributed by atoms with E-state index >= 15 is 0 Å². The molecule has 0 amide bonds. The van der Waals surface area contributed by atoms with E-state index in [-0.39, 0.29) is 12.2 Å². The van der Waals surface area contributed by atoms with Gasteiger partial charge in [-0.3, -0.25) is 9.36 Å². The van der Waals surface area contributed by atoms with E-state index in [2.05, 4.69) is 0 Å². The molecule has 5 rings (SSSR count). The van der Waals surface area contributed by atoms with E-state index in [0.717, 1.165) is 22.4 Å². The molecule has 0 saturated carbocycles. The third kappa shape index (κ3) is 5.08. The molecular formula is C30H25ClN2O4S. The molecule has 0 fully saturated rings. The molecular weight excluding hydrogens is 520 g/mol. The predicted octanol–water partition coefficient (Wildman–Crippen LogP) is 4.99. The third-order valence-electron chi connectivity index (χ3n) is 6.03. The lowest BCUT2D eigenvalue weighted by Crippen LogP contribution is -2.40. The second-order valence-electron chi connectivity index (χ2n) is 8.49. The zero-order valence-electron chi connectivity index (χ0n) is 20.9. The number of rotatable bonds is 7. The van der Waals surface area contributed by atoms with Crippen LogP contribution in [-0.4, -0.2) is 23.8 Å². The van der Waals surface area contributed by atoms with Crippen LogP contribution in [-0.2, 0) is 9.53 Å². The van der Waals surface area contributed by atoms with Gasteiger partial charge in [0, 0.05) is 10.6 Å². The number of ether oxygens (including phenoxy) is 2. The van der Waals surface area contributed by atoms with Crippen molar-refractivity contribution in [2.75, 3.05) is 13.2 Å². The summed E-state index contributed by atoms with van der Waals surface area (Å²) in [5.41, 5.74) is 2.86. The first-order chi connectivity index (χ1) is 18.5. The molecule has 0 N–H and O–H groups in total. The van der Waals surface area contributed by atoms with E-state index in [1.807, 2.05) is 79.7 Å². The molecule has 0 unspecified atom stereocenters. The van der Waals surface area contributed by atoms with Crippen molar-refractivity contribution < 1.29 is 14.3 Å². The number of halogens is 1. The summed E-state index contributed by atoms with van der Waals surface area (Å²) < 4.78 is 13.2. The number of hydrogen-bond acceptors (Lipinski definition) is 6. The van der Waals surface area contributed by atoms with E-state index in [9.17, 15) is 9.59 Å². The van der Waals surface area contributed by atoms with E-state index in [1.165, 1.54) is 11.3 Å². The minimum Gasteiger partial charge on any atom is -0.494 e. The van der Waals surface area contributed by atoms with Gasteiger partial charge in [-0.2, -0.15) is 0 Å². The van der Waals surface area contributed by atoms with Gasteiger partial charge in [0.25, 0.3) is 5.56 Å². The molecule has 6 nitrogen and oxygen atoms in total. The van der Waals surface area contributed by atoms with Gasteiger partial charge in [0.05, 0.1) is 35.1 Å². The minimum absolute atomic E-state index is 0.193. The Morgan fingerprint density at radius 1 is 1.03 bits per heavy atom. The number of carbonyl (C=O) groups excluding carboxylic acids is 1. The van der Waals surface area contributed by atoms with Gasteiger partial charge in [-0.15, -0.1) is 0 Å². The Morgan fingerprint density at radius 2 is 1.79 bits per heavy atom. The van der Waals surface area contributed by atoms with Crippen molar-refractivity contribution in [3.63, 3.8) is 0 Å². The van der Waals surface area contributed by atoms with Gasteiger partial charge in [-0.05, 0) is 55.3 Å². The lowest BCUT2D eigenvalue weighted by molar-refractivity contribution is -0.138. The molecule has 0 saturated heterocycles. The van der Waals surface area contributed by atoms with Crippen LogP contribution in [0.15, 0.2) is 94.2 Å². The number of hydrogen-bond donors (Lipinski definition) is 0. The molecule has 1 aromatic heterocycles. The maximum atomic E-state index is 13.9. The summed E-state index contributed by atoms with van der Waals surface area (Å²) >= 11 is 7.46. The fourth-order valence-electron chi connectivity index (χ4n) is 4.41. The van der Waals surface area contributed by atoms with Gasteiger partial charge in [-0.25, -0.2) is 9.79 Å². The van der Waals surface area contributed by atoms with Crippen LogP contribution in [0.5, 0.6) is 5.75 Å². The van der Waals surface area contributed by atoms with Gasteiger partial charge in [-0.1, -0.05) is 77.5 Å². The van der Waals surface area contributed by atoms with Crippen LogP contribution in [0.4, 0.5) is 0 Å². The molecule has 1 atom stereocenters. The normalized spacial score (nSPS) is 15.1. The average Bonchev–Trinajstić information content (AvgIpc) is 3.23. The van der Waals surface area contributed by atoms with Crippen molar-refractivity contribution in [2.24, 2.45) is 4.99 Å². The Kier molecular flexibility index (Phi) is 7.58. The largest absolute Gasteiger partial charge is 0.494 e. The monoisotopic (exact) mass is 544 g/mol. The second-order valence-corrected chi connectivity index (χ2v) is 9.93. The van der Waals surface area contributed by atoms with Gasteiger partial charge in [0.2, 0.25) is 0 Å². The molecule has 0 aliphatic carbocycles. The number of thiazole rings is 1. The topological polar surface area (TPSA) is 69.9 Å². The smallest absolute Gasteiger partial charge is 0.338 e. The summed E-state index contributed by atoms with van der Waals surface area (Å²) in [6.07, 6.45) is 1.82. The summed E-state index contributed by atoms with van der Waals surface area (Å²) in [6, 6.07) is 23.4. The Morgan fingerprint density at radius 3 is 2.50 bits per heavy atom. The Hall–Kier alpha value is -3.94. The first-order valence-electron chi connectivity index (χ1n) is 12.3. The standard InChI is InChI=1S/C30H25ClN2O4S/c1-3-36-23-12-8-9-19(17-23)18-24-28(34)33-27(21-13-15-22(31)16-14-21)25(29(35)37-4-2)26(32-30(33)38-24)20-10-6-5-7-11-20/h5-18,27H,3-4H2,1-2H3/b24-18-/t27-/m0/s1. The molecule has 4 aromatic rings. The SMILES string of the molecule is CCOC(=O)C1=C(c2ccccc2)N=c2s/c(=C\c3cccc(OCC)c3)c(=O)n2[C@H]1c1ccc(Cl)cc1. The van der Waals surface area contributed by atoms with E-state index in [1.54, 1.807) is 23.6 Å². The molecule has 38 heavy (non-hydrogen) atoms. The van der Waals surface area contributed by atoms with Crippen LogP contribution in [0.1, 0.15) is 36.6 Å². The summed E-state index contributed by atoms with van der Waals surface area (Å²) in [4.78, 5) is 32.7. The highest BCUT2D eigenvalue weighted by molar-refractivity contribution is 7.07. The molecule has 3 aromatic carbocycles. The van der Waals surface area contributed by atoms with Gasteiger partial charge in [0.15, 0.2) is 4.80 Å². The number of aromatic nitrogens is 1. The highest BCUT2D eigenvalue weighted by atomic mass is 35.5. The molecule has 8 heteroatoms. The van der Waals surface area contributed by atoms with Gasteiger partial charge >= 0.3 is 5.97 Å². The van der Waals surface area contributed by atoms with Crippen LogP contribution in [0.2, 0.25) is 5.02 Å². The van der Waals surface area contributed by atoms with Crippen molar-refractivity contribution in [3.05, 3.63) is 126 Å². The van der Waals surface area contributed by atoms with Crippen molar-refractivity contribution >= 4 is 40.7 Å². The molecule has 192 valence electrons. The van der Waals surface area contributed by atoms with Crippen LogP contribution in [0, 0.1) is 0 Å². The Labute approximate surface area is 228 Å². The molecule has 1 aliphatic rings. The predicted molar refractivity (Wildman–Crippen MR) is 150 cm³/mol. The first-order valence-corrected chi connectivity index (χ1v) is 13.5. The van der Waals surface area contributed by atoms with Crippen molar-refractivity contribution in [3.8, 4) is 5.75 Å². The van der Waals surface area contributed by atoms with Crippen LogP contribution in [0.25, 0.3) is 11.8 Å². The maximum Gasteiger partial charge on any atom is 0.338 e. The number of benzene rings is 3. The van der Waals surface area contributed by atoms with Crippen molar-refractivity contribution in [1.29, 1.82) is 0 Å². The third-order valence-corrected chi connectivity index (χ3v) is 7.26. The number of fused-ring (bicyclic) bond motifs is 1. The highest BCUT2D eigenvalue weighted by Crippen LogP contribution is 2.35. The molecule has 2 heterocycles. The summed E-state index contributed by atoms with van der Waals surface area (Å²) in [5.74, 6) is 0.206. The fraction of sp³-hybridized carbons (Fsp3) is 0.167. The first kappa shape index (κ1) is 25.7. The second kappa shape index (κ2) is 11.2. The van der Waals surface area contributed by atoms with Gasteiger partial charge in [0.1, 0.15) is 5.75 Å². The number of esters is 1. The fourth-order valence-corrected chi connectivity index (χ4v) is 5.54. The number of nitrogens with zero attached hydrogens (tertiary/aromatic N) is 2. The molecule has 0 bridgehead atoms. The van der Waals surface area contributed by atoms with Gasteiger partial charge < -0.3 is 9.47 Å². The Bertz CT molecular complexity index is 1690. The maximum absolute atomic E-state index is 13.9. The average molecular weight is 545 g/mol. The quantitative estimate of drug-likeness (QED) is 0.307. The van der Waals surface area contributed by atoms with E-state index in [0.29, 0.717) is 32.2 Å². The Balaban J connectivity index is 1.79. The summed E-state index contributed by atoms with van der Waals surface area (Å²) in [5, 5.41) is 0.556. The van der Waals surface area contributed by atoms with Crippen molar-refractivity contribution in [2.45, 2.75) is 19.9 Å². The zero-order chi connectivity index (χ0) is 26.6. The summed E-state index contributed by atoms with van der Waals surface area (Å²) in [6.45, 7) is 4.42. The number of carbonyl (C=O) groups is 1.